The van der Waals surface area contributed by atoms with Gasteiger partial charge in [0, 0.05) is 5.69 Å². The van der Waals surface area contributed by atoms with E-state index < -0.39 is 0 Å². The number of benzene rings is 4. The topological polar surface area (TPSA) is 100 Å². The predicted molar refractivity (Wildman–Crippen MR) is 137 cm³/mol. The molecule has 0 radical (unpaired) electrons. The quantitative estimate of drug-likeness (QED) is 0.231. The maximum absolute atomic E-state index is 5.79. The van der Waals surface area contributed by atoms with Gasteiger partial charge >= 0.3 is 0 Å². The third-order valence-electron chi connectivity index (χ3n) is 5.11. The molecule has 0 unspecified atom stereocenters. The van der Waals surface area contributed by atoms with E-state index in [1.165, 1.54) is 5.56 Å². The summed E-state index contributed by atoms with van der Waals surface area (Å²) in [5, 5.41) is 25.9. The minimum Gasteiger partial charge on any atom is -0.399 e. The highest BCUT2D eigenvalue weighted by molar-refractivity contribution is 5.56. The molecule has 0 amide bonds. The van der Waals surface area contributed by atoms with Crippen LogP contribution < -0.4 is 5.73 Å². The predicted octanol–water partition coefficient (Wildman–Crippen LogP) is 9.44. The molecule has 0 saturated heterocycles. The van der Waals surface area contributed by atoms with Gasteiger partial charge in [0.15, 0.2) is 0 Å². The van der Waals surface area contributed by atoms with Crippen molar-refractivity contribution in [3.8, 4) is 0 Å². The van der Waals surface area contributed by atoms with E-state index in [2.05, 4.69) is 30.7 Å². The molecule has 0 aliphatic heterocycles. The summed E-state index contributed by atoms with van der Waals surface area (Å²) < 4.78 is 0. The third-order valence-corrected chi connectivity index (χ3v) is 5.11. The molecule has 7 heteroatoms. The summed E-state index contributed by atoms with van der Waals surface area (Å²) in [7, 11) is 0. The average molecular weight is 448 g/mol. The van der Waals surface area contributed by atoms with E-state index in [1.54, 1.807) is 0 Å². The highest BCUT2D eigenvalue weighted by Crippen LogP contribution is 2.29. The third kappa shape index (κ3) is 6.04. The second-order valence-electron chi connectivity index (χ2n) is 7.97. The van der Waals surface area contributed by atoms with Crippen LogP contribution in [0.5, 0.6) is 0 Å². The summed E-state index contributed by atoms with van der Waals surface area (Å²) in [6.45, 7) is 5.97. The lowest BCUT2D eigenvalue weighted by Crippen LogP contribution is -1.84. The van der Waals surface area contributed by atoms with Gasteiger partial charge in [0.2, 0.25) is 0 Å². The maximum Gasteiger partial charge on any atom is 0.0887 e. The van der Waals surface area contributed by atoms with Gasteiger partial charge in [-0.2, -0.15) is 30.7 Å². The first kappa shape index (κ1) is 22.7. The van der Waals surface area contributed by atoms with Crippen LogP contribution in [0.25, 0.3) is 0 Å². The molecule has 168 valence electrons. The van der Waals surface area contributed by atoms with Crippen LogP contribution in [0.4, 0.5) is 39.8 Å². The van der Waals surface area contributed by atoms with Gasteiger partial charge in [-0.25, -0.2) is 0 Å². The van der Waals surface area contributed by atoms with Crippen molar-refractivity contribution in [2.75, 3.05) is 5.73 Å². The Morgan fingerprint density at radius 3 is 1.38 bits per heavy atom. The van der Waals surface area contributed by atoms with E-state index in [4.69, 9.17) is 5.73 Å². The average Bonchev–Trinajstić information content (AvgIpc) is 2.83. The monoisotopic (exact) mass is 447 g/mol. The molecule has 4 aromatic rings. The number of azo groups is 3. The van der Waals surface area contributed by atoms with Gasteiger partial charge < -0.3 is 5.73 Å². The fourth-order valence-corrected chi connectivity index (χ4v) is 3.14. The Morgan fingerprint density at radius 2 is 0.853 bits per heavy atom. The number of aryl methyl sites for hydroxylation is 3. The Kier molecular flexibility index (Phi) is 6.93. The summed E-state index contributed by atoms with van der Waals surface area (Å²) in [5.41, 5.74) is 14.2. The molecule has 7 nitrogen and oxygen atoms in total. The Labute approximate surface area is 198 Å². The lowest BCUT2D eigenvalue weighted by Gasteiger charge is -2.02. The van der Waals surface area contributed by atoms with Gasteiger partial charge in [-0.15, -0.1) is 0 Å². The second-order valence-corrected chi connectivity index (χ2v) is 7.97. The molecule has 0 saturated carbocycles. The van der Waals surface area contributed by atoms with E-state index in [0.717, 1.165) is 45.3 Å². The Hall–Kier alpha value is -4.52. The first-order valence-corrected chi connectivity index (χ1v) is 10.8. The second kappa shape index (κ2) is 10.4. The van der Waals surface area contributed by atoms with Crippen molar-refractivity contribution >= 4 is 39.8 Å². The molecular formula is C27H25N7. The van der Waals surface area contributed by atoms with Crippen LogP contribution in [0.3, 0.4) is 0 Å². The number of nitrogens with zero attached hydrogens (tertiary/aromatic N) is 6. The van der Waals surface area contributed by atoms with E-state index in [9.17, 15) is 0 Å². The van der Waals surface area contributed by atoms with Crippen LogP contribution in [0.1, 0.15) is 16.7 Å². The number of nitrogens with two attached hydrogens (primary N) is 1. The van der Waals surface area contributed by atoms with Crippen molar-refractivity contribution < 1.29 is 0 Å². The maximum atomic E-state index is 5.79. The normalized spacial score (nSPS) is 11.7. The fourth-order valence-electron chi connectivity index (χ4n) is 3.14. The van der Waals surface area contributed by atoms with Gasteiger partial charge in [0.05, 0.1) is 34.1 Å². The molecule has 0 fully saturated rings. The zero-order chi connectivity index (χ0) is 23.9. The van der Waals surface area contributed by atoms with Crippen molar-refractivity contribution in [1.29, 1.82) is 0 Å². The minimum atomic E-state index is 0.711. The smallest absolute Gasteiger partial charge is 0.0887 e. The van der Waals surface area contributed by atoms with Gasteiger partial charge in [0.25, 0.3) is 0 Å². The highest BCUT2D eigenvalue weighted by Gasteiger charge is 2.01. The van der Waals surface area contributed by atoms with Gasteiger partial charge in [0.1, 0.15) is 0 Å². The van der Waals surface area contributed by atoms with Crippen molar-refractivity contribution in [3.63, 3.8) is 0 Å². The summed E-state index contributed by atoms with van der Waals surface area (Å²) in [5.74, 6) is 0. The van der Waals surface area contributed by atoms with Crippen molar-refractivity contribution in [2.24, 2.45) is 30.7 Å². The van der Waals surface area contributed by atoms with Crippen LogP contribution in [0, 0.1) is 20.8 Å². The van der Waals surface area contributed by atoms with Crippen molar-refractivity contribution in [1.82, 2.24) is 0 Å². The summed E-state index contributed by atoms with van der Waals surface area (Å²) in [6, 6.07) is 26.6. The first-order chi connectivity index (χ1) is 16.5. The molecule has 0 aliphatic rings. The fraction of sp³-hybridized carbons (Fsp3) is 0.111. The van der Waals surface area contributed by atoms with Crippen LogP contribution in [0.15, 0.2) is 116 Å². The molecule has 0 aliphatic carbocycles. The lowest BCUT2D eigenvalue weighted by molar-refractivity contribution is 1.18. The van der Waals surface area contributed by atoms with Crippen LogP contribution in [-0.2, 0) is 0 Å². The van der Waals surface area contributed by atoms with Crippen LogP contribution in [-0.4, -0.2) is 0 Å². The van der Waals surface area contributed by atoms with Gasteiger partial charge in [-0.3, -0.25) is 0 Å². The van der Waals surface area contributed by atoms with Gasteiger partial charge in [-0.1, -0.05) is 17.7 Å². The molecule has 2 N–H and O–H groups in total. The molecule has 34 heavy (non-hydrogen) atoms. The van der Waals surface area contributed by atoms with E-state index in [-0.39, 0.29) is 0 Å². The van der Waals surface area contributed by atoms with E-state index >= 15 is 0 Å². The molecular weight excluding hydrogens is 422 g/mol. The Bertz CT molecular complexity index is 1370. The zero-order valence-electron chi connectivity index (χ0n) is 19.3. The molecule has 4 aromatic carbocycles. The van der Waals surface area contributed by atoms with E-state index in [0.29, 0.717) is 5.69 Å². The molecule has 4 rings (SSSR count). The lowest BCUT2D eigenvalue weighted by atomic mass is 10.2. The number of nitrogen functional groups attached to an aromatic ring is 1. The largest absolute Gasteiger partial charge is 0.399 e. The SMILES string of the molecule is Cc1ccc(N=Nc2ccc(N=Nc3ccc(N=Nc4ccc(N)cc4C)cc3C)cc2)cc1. The van der Waals surface area contributed by atoms with Crippen molar-refractivity contribution in [2.45, 2.75) is 20.8 Å². The molecule has 0 heterocycles. The minimum absolute atomic E-state index is 0.711. The number of rotatable bonds is 6. The van der Waals surface area contributed by atoms with Crippen molar-refractivity contribution in [3.05, 3.63) is 102 Å². The number of anilines is 1. The van der Waals surface area contributed by atoms with Crippen LogP contribution >= 0.6 is 0 Å². The highest BCUT2D eigenvalue weighted by atomic mass is 15.1. The summed E-state index contributed by atoms with van der Waals surface area (Å²) in [4.78, 5) is 0. The Morgan fingerprint density at radius 1 is 0.441 bits per heavy atom. The standard InChI is InChI=1S/C27H25N7/c1-18-4-7-22(8-5-18)29-30-23-9-11-24(12-10-23)31-33-27-15-13-25(17-20(27)3)32-34-26-14-6-21(28)16-19(26)2/h4-17H,28H2,1-3H3. The van der Waals surface area contributed by atoms with Gasteiger partial charge in [-0.05, 0) is 105 Å². The number of hydrogen-bond donors (Lipinski definition) is 1. The first-order valence-electron chi connectivity index (χ1n) is 10.8. The summed E-state index contributed by atoms with van der Waals surface area (Å²) in [6.07, 6.45) is 0. The molecule has 0 spiro atoms. The molecule has 0 atom stereocenters. The Balaban J connectivity index is 1.41. The van der Waals surface area contributed by atoms with E-state index in [1.807, 2.05) is 106 Å². The molecule has 0 aromatic heterocycles. The summed E-state index contributed by atoms with van der Waals surface area (Å²) >= 11 is 0. The van der Waals surface area contributed by atoms with Crippen LogP contribution in [0.2, 0.25) is 0 Å². The number of hydrogen-bond acceptors (Lipinski definition) is 7. The zero-order valence-corrected chi connectivity index (χ0v) is 19.3. The molecule has 0 bridgehead atoms.